The van der Waals surface area contributed by atoms with Gasteiger partial charge >= 0.3 is 13.1 Å². The van der Waals surface area contributed by atoms with E-state index in [0.29, 0.717) is 0 Å². The molecule has 1 atom stereocenters. The summed E-state index contributed by atoms with van der Waals surface area (Å²) in [5, 5.41) is 0. The van der Waals surface area contributed by atoms with E-state index in [1.165, 1.54) is 0 Å². The van der Waals surface area contributed by atoms with Gasteiger partial charge in [-0.25, -0.2) is 0 Å². The molecule has 1 aliphatic rings. The van der Waals surface area contributed by atoms with Crippen molar-refractivity contribution in [3.63, 3.8) is 0 Å². The Bertz CT molecular complexity index is 125. The van der Waals surface area contributed by atoms with E-state index >= 15 is 0 Å². The number of hydrogen-bond donors (Lipinski definition) is 0. The van der Waals surface area contributed by atoms with Crippen LogP contribution >= 0.6 is 0 Å². The van der Waals surface area contributed by atoms with Crippen LogP contribution in [0.4, 0.5) is 0 Å². The van der Waals surface area contributed by atoms with Crippen molar-refractivity contribution in [1.82, 2.24) is 0 Å². The molecule has 0 aliphatic carbocycles. The van der Waals surface area contributed by atoms with E-state index in [9.17, 15) is 4.79 Å². The van der Waals surface area contributed by atoms with Crippen molar-refractivity contribution in [2.24, 2.45) is 0 Å². The lowest BCUT2D eigenvalue weighted by Gasteiger charge is -1.95. The maximum absolute atomic E-state index is 10.6. The molecule has 50 valence electrons. The molecule has 0 aromatic heterocycles. The van der Waals surface area contributed by atoms with Crippen LogP contribution in [0.5, 0.6) is 0 Å². The average molecular weight is 128 g/mol. The van der Waals surface area contributed by atoms with Gasteiger partial charge in [-0.05, 0) is 13.2 Å². The van der Waals surface area contributed by atoms with Crippen LogP contribution in [0.3, 0.4) is 0 Å². The van der Waals surface area contributed by atoms with Gasteiger partial charge in [-0.3, -0.25) is 4.79 Å². The third kappa shape index (κ3) is 1.24. The van der Waals surface area contributed by atoms with E-state index in [4.69, 9.17) is 9.31 Å². The summed E-state index contributed by atoms with van der Waals surface area (Å²) in [7, 11) is -0.299. The van der Waals surface area contributed by atoms with Crippen LogP contribution in [0.2, 0.25) is 6.32 Å². The minimum absolute atomic E-state index is 0.248. The van der Waals surface area contributed by atoms with Gasteiger partial charge in [0.05, 0.1) is 0 Å². The summed E-state index contributed by atoms with van der Waals surface area (Å²) in [6.45, 7) is 3.61. The summed E-state index contributed by atoms with van der Waals surface area (Å²) >= 11 is 0. The van der Waals surface area contributed by atoms with E-state index < -0.39 is 0 Å². The second-order valence-electron chi connectivity index (χ2n) is 2.05. The van der Waals surface area contributed by atoms with E-state index in [0.717, 1.165) is 6.32 Å². The third-order valence-corrected chi connectivity index (χ3v) is 1.27. The quantitative estimate of drug-likeness (QED) is 0.481. The van der Waals surface area contributed by atoms with Crippen molar-refractivity contribution < 1.29 is 14.1 Å². The molecule has 0 spiro atoms. The maximum atomic E-state index is 10.6. The van der Waals surface area contributed by atoms with Crippen molar-refractivity contribution in [1.29, 1.82) is 0 Å². The van der Waals surface area contributed by atoms with E-state index in [1.54, 1.807) is 6.92 Å². The Kier molecular flexibility index (Phi) is 1.76. The van der Waals surface area contributed by atoms with Crippen molar-refractivity contribution in [2.75, 3.05) is 0 Å². The Morgan fingerprint density at radius 1 is 1.78 bits per heavy atom. The van der Waals surface area contributed by atoms with Crippen LogP contribution in [0.25, 0.3) is 0 Å². The lowest BCUT2D eigenvalue weighted by Crippen LogP contribution is -2.12. The zero-order valence-electron chi connectivity index (χ0n) is 5.59. The molecule has 0 bridgehead atoms. The Balaban J connectivity index is 2.44. The molecule has 3 nitrogen and oxygen atoms in total. The van der Waals surface area contributed by atoms with Crippen molar-refractivity contribution in [2.45, 2.75) is 26.3 Å². The van der Waals surface area contributed by atoms with Crippen LogP contribution < -0.4 is 0 Å². The highest BCUT2D eigenvalue weighted by atomic mass is 16.7. The minimum Gasteiger partial charge on any atom is -0.508 e. The average Bonchev–Trinajstić information content (AvgIpc) is 2.13. The molecule has 0 saturated carbocycles. The van der Waals surface area contributed by atoms with E-state index in [-0.39, 0.29) is 19.2 Å². The molecule has 0 aromatic carbocycles. The highest BCUT2D eigenvalue weighted by Crippen LogP contribution is 2.11. The summed E-state index contributed by atoms with van der Waals surface area (Å²) in [6.07, 6.45) is 0.366. The van der Waals surface area contributed by atoms with Gasteiger partial charge in [-0.15, -0.1) is 0 Å². The minimum atomic E-state index is -0.366. The number of carbonyl (C=O) groups is 1. The fourth-order valence-corrected chi connectivity index (χ4v) is 0.716. The highest BCUT2D eigenvalue weighted by molar-refractivity contribution is 6.48. The zero-order chi connectivity index (χ0) is 6.85. The summed E-state index contributed by atoms with van der Waals surface area (Å²) in [5.41, 5.74) is 0. The van der Waals surface area contributed by atoms with E-state index in [1.807, 2.05) is 6.92 Å². The molecule has 0 N–H and O–H groups in total. The molecular formula is C5H9BO3. The monoisotopic (exact) mass is 128 g/mol. The standard InChI is InChI=1S/C5H9BO3/c1-3-6-8-4(2)5(7)9-6/h4H,3H2,1-2H3. The smallest absolute Gasteiger partial charge is 0.508 e. The van der Waals surface area contributed by atoms with Crippen LogP contribution in [-0.2, 0) is 14.1 Å². The second-order valence-corrected chi connectivity index (χ2v) is 2.05. The van der Waals surface area contributed by atoms with Gasteiger partial charge in [0.15, 0.2) is 0 Å². The Morgan fingerprint density at radius 3 is 2.67 bits per heavy atom. The van der Waals surface area contributed by atoms with Gasteiger partial charge in [-0.2, -0.15) is 0 Å². The van der Waals surface area contributed by atoms with Crippen molar-refractivity contribution in [3.8, 4) is 0 Å². The SMILES string of the molecule is CCB1OC(=O)C(C)O1. The highest BCUT2D eigenvalue weighted by Gasteiger charge is 2.34. The van der Waals surface area contributed by atoms with E-state index in [2.05, 4.69) is 0 Å². The Morgan fingerprint density at radius 2 is 2.44 bits per heavy atom. The van der Waals surface area contributed by atoms with Gasteiger partial charge in [0.25, 0.3) is 0 Å². The van der Waals surface area contributed by atoms with Crippen LogP contribution in [0.15, 0.2) is 0 Å². The van der Waals surface area contributed by atoms with Gasteiger partial charge < -0.3 is 9.31 Å². The summed E-state index contributed by atoms with van der Waals surface area (Å²) in [5.74, 6) is -0.248. The first-order valence-electron chi connectivity index (χ1n) is 3.10. The summed E-state index contributed by atoms with van der Waals surface area (Å²) < 4.78 is 9.81. The molecular weight excluding hydrogens is 119 g/mol. The summed E-state index contributed by atoms with van der Waals surface area (Å²) in [6, 6.07) is 0. The molecule has 1 fully saturated rings. The molecule has 1 unspecified atom stereocenters. The molecule has 1 aliphatic heterocycles. The summed E-state index contributed by atoms with van der Waals surface area (Å²) in [4.78, 5) is 10.6. The zero-order valence-corrected chi connectivity index (χ0v) is 5.59. The normalized spacial score (nSPS) is 26.7. The molecule has 1 rings (SSSR count). The molecule has 0 aromatic rings. The second kappa shape index (κ2) is 2.39. The Labute approximate surface area is 54.5 Å². The van der Waals surface area contributed by atoms with Crippen LogP contribution in [-0.4, -0.2) is 19.2 Å². The first kappa shape index (κ1) is 6.61. The molecule has 4 heteroatoms. The number of hydrogen-bond acceptors (Lipinski definition) is 3. The molecule has 1 saturated heterocycles. The maximum Gasteiger partial charge on any atom is 0.527 e. The fraction of sp³-hybridized carbons (Fsp3) is 0.800. The topological polar surface area (TPSA) is 35.5 Å². The van der Waals surface area contributed by atoms with Crippen LogP contribution in [0.1, 0.15) is 13.8 Å². The molecule has 9 heavy (non-hydrogen) atoms. The van der Waals surface area contributed by atoms with Gasteiger partial charge in [0.1, 0.15) is 6.10 Å². The first-order valence-corrected chi connectivity index (χ1v) is 3.10. The third-order valence-electron chi connectivity index (χ3n) is 1.27. The number of carbonyl (C=O) groups excluding carboxylic acids is 1. The predicted molar refractivity (Wildman–Crippen MR) is 32.9 cm³/mol. The fourth-order valence-electron chi connectivity index (χ4n) is 0.716. The van der Waals surface area contributed by atoms with Crippen molar-refractivity contribution >= 4 is 13.1 Å². The molecule has 0 radical (unpaired) electrons. The van der Waals surface area contributed by atoms with Gasteiger partial charge in [-0.1, -0.05) is 6.92 Å². The van der Waals surface area contributed by atoms with Gasteiger partial charge in [0.2, 0.25) is 0 Å². The van der Waals surface area contributed by atoms with Crippen molar-refractivity contribution in [3.05, 3.63) is 0 Å². The van der Waals surface area contributed by atoms with Crippen LogP contribution in [0, 0.1) is 0 Å². The van der Waals surface area contributed by atoms with Gasteiger partial charge in [0, 0.05) is 0 Å². The number of rotatable bonds is 1. The first-order chi connectivity index (χ1) is 4.24. The predicted octanol–water partition coefficient (Wildman–Crippen LogP) is 0.456. The largest absolute Gasteiger partial charge is 0.527 e. The molecule has 1 heterocycles. The lowest BCUT2D eigenvalue weighted by molar-refractivity contribution is -0.135. The Hall–Kier alpha value is -0.505. The lowest BCUT2D eigenvalue weighted by atomic mass is 9.87. The molecule has 0 amide bonds.